The van der Waals surface area contributed by atoms with Gasteiger partial charge in [0.25, 0.3) is 6.43 Å². The Hall–Kier alpha value is -4.91. The van der Waals surface area contributed by atoms with Gasteiger partial charge in [0.15, 0.2) is 6.61 Å². The molecule has 0 aliphatic heterocycles. The van der Waals surface area contributed by atoms with E-state index in [1.165, 1.54) is 47.7 Å². The summed E-state index contributed by atoms with van der Waals surface area (Å²) in [4.78, 5) is 31.2. The maximum absolute atomic E-state index is 13.0. The minimum atomic E-state index is -2.80. The number of alkyl halides is 2. The molecule has 4 heterocycles. The van der Waals surface area contributed by atoms with Crippen LogP contribution in [0.5, 0.6) is 6.01 Å². The lowest BCUT2D eigenvalue weighted by Gasteiger charge is -2.35. The van der Waals surface area contributed by atoms with Crippen molar-refractivity contribution in [1.29, 1.82) is 5.26 Å². The van der Waals surface area contributed by atoms with Crippen LogP contribution < -0.4 is 15.0 Å². The van der Waals surface area contributed by atoms with Crippen LogP contribution in [0.1, 0.15) is 31.2 Å². The first-order chi connectivity index (χ1) is 20.4. The van der Waals surface area contributed by atoms with Gasteiger partial charge in [0, 0.05) is 12.1 Å². The molecule has 2 N–H and O–H groups in total. The van der Waals surface area contributed by atoms with E-state index in [4.69, 9.17) is 21.1 Å². The standard InChI is InChI=1S/C25H24ClF2N11O3/c1-41-24-31-8-17(9-32-24)38-12-18(10-34-38)39(25(40)42-13-20(27)28)16-4-2-15(3-5-16)35-23-30-7-14(6-29)21(36-23)22-19(26)11-33-37-22/h7-12,15-16,20H,2-5,13H2,1H3,(H,33,37)(H,30,35,36). The van der Waals surface area contributed by atoms with Crippen molar-refractivity contribution in [3.63, 3.8) is 0 Å². The molecule has 5 rings (SSSR count). The Morgan fingerprint density at radius 1 is 1.21 bits per heavy atom. The topological polar surface area (TPSA) is 173 Å². The van der Waals surface area contributed by atoms with E-state index in [9.17, 15) is 18.8 Å². The predicted octanol–water partition coefficient (Wildman–Crippen LogP) is 4.01. The average Bonchev–Trinajstić information content (AvgIpc) is 3.66. The second-order valence-corrected chi connectivity index (χ2v) is 9.63. The van der Waals surface area contributed by atoms with Gasteiger partial charge in [-0.25, -0.2) is 38.2 Å². The highest BCUT2D eigenvalue weighted by molar-refractivity contribution is 6.32. The number of H-pyrrole nitrogens is 1. The second kappa shape index (κ2) is 12.7. The average molecular weight is 600 g/mol. The van der Waals surface area contributed by atoms with Gasteiger partial charge in [0.1, 0.15) is 23.1 Å². The van der Waals surface area contributed by atoms with E-state index in [0.717, 1.165) is 0 Å². The zero-order chi connectivity index (χ0) is 29.6. The van der Waals surface area contributed by atoms with Gasteiger partial charge in [0.05, 0.1) is 60.6 Å². The molecule has 0 spiro atoms. The third-order valence-electron chi connectivity index (χ3n) is 6.57. The number of carbonyl (C=O) groups is 1. The van der Waals surface area contributed by atoms with Crippen LogP contribution in [0.15, 0.2) is 37.2 Å². The smallest absolute Gasteiger partial charge is 0.414 e. The summed E-state index contributed by atoms with van der Waals surface area (Å²) in [6, 6.07) is 1.82. The van der Waals surface area contributed by atoms with E-state index in [-0.39, 0.29) is 23.7 Å². The van der Waals surface area contributed by atoms with Crippen molar-refractivity contribution in [3.05, 3.63) is 47.8 Å². The molecule has 1 fully saturated rings. The minimum absolute atomic E-state index is 0.0580. The van der Waals surface area contributed by atoms with Crippen LogP contribution in [0.4, 0.5) is 25.2 Å². The number of aromatic amines is 1. The fraction of sp³-hybridized carbons (Fsp3) is 0.360. The van der Waals surface area contributed by atoms with Crippen molar-refractivity contribution in [2.45, 2.75) is 44.2 Å². The summed E-state index contributed by atoms with van der Waals surface area (Å²) < 4.78 is 37.0. The molecule has 218 valence electrons. The second-order valence-electron chi connectivity index (χ2n) is 9.22. The molecule has 1 saturated carbocycles. The highest BCUT2D eigenvalue weighted by Gasteiger charge is 2.33. The largest absolute Gasteiger partial charge is 0.467 e. The number of anilines is 2. The zero-order valence-corrected chi connectivity index (χ0v) is 22.9. The molecule has 42 heavy (non-hydrogen) atoms. The van der Waals surface area contributed by atoms with Crippen LogP contribution in [-0.2, 0) is 4.74 Å². The number of halogens is 3. The number of nitrogens with one attached hydrogen (secondary N) is 2. The van der Waals surface area contributed by atoms with Gasteiger partial charge in [-0.05, 0) is 25.7 Å². The summed E-state index contributed by atoms with van der Waals surface area (Å²) in [5.41, 5.74) is 1.84. The monoisotopic (exact) mass is 599 g/mol. The Labute approximate surface area is 242 Å². The molecule has 0 radical (unpaired) electrons. The van der Waals surface area contributed by atoms with Gasteiger partial charge in [-0.1, -0.05) is 11.6 Å². The van der Waals surface area contributed by atoms with E-state index in [2.05, 4.69) is 40.5 Å². The van der Waals surface area contributed by atoms with Gasteiger partial charge in [0.2, 0.25) is 5.95 Å². The molecule has 4 aromatic heterocycles. The number of nitriles is 1. The van der Waals surface area contributed by atoms with Gasteiger partial charge in [-0.3, -0.25) is 10.00 Å². The van der Waals surface area contributed by atoms with Gasteiger partial charge >= 0.3 is 12.1 Å². The van der Waals surface area contributed by atoms with Gasteiger partial charge < -0.3 is 14.8 Å². The highest BCUT2D eigenvalue weighted by Crippen LogP contribution is 2.31. The van der Waals surface area contributed by atoms with Crippen LogP contribution in [0.25, 0.3) is 17.1 Å². The fourth-order valence-electron chi connectivity index (χ4n) is 4.60. The van der Waals surface area contributed by atoms with Crippen LogP contribution in [0.3, 0.4) is 0 Å². The van der Waals surface area contributed by atoms with Crippen LogP contribution in [0.2, 0.25) is 5.02 Å². The Bertz CT molecular complexity index is 1570. The first kappa shape index (κ1) is 28.6. The van der Waals surface area contributed by atoms with E-state index >= 15 is 0 Å². The Morgan fingerprint density at radius 3 is 2.62 bits per heavy atom. The van der Waals surface area contributed by atoms with Crippen molar-refractivity contribution < 1.29 is 23.0 Å². The van der Waals surface area contributed by atoms with E-state index in [1.807, 2.05) is 6.07 Å². The first-order valence-corrected chi connectivity index (χ1v) is 13.1. The number of methoxy groups -OCH3 is 1. The number of nitrogens with zero attached hydrogens (tertiary/aromatic N) is 9. The molecule has 0 atom stereocenters. The molecular weight excluding hydrogens is 576 g/mol. The number of amides is 1. The Balaban J connectivity index is 1.30. The van der Waals surface area contributed by atoms with Gasteiger partial charge in [-0.2, -0.15) is 15.5 Å². The van der Waals surface area contributed by atoms with Crippen LogP contribution in [-0.4, -0.2) is 78.2 Å². The molecule has 1 aliphatic carbocycles. The molecule has 0 bridgehead atoms. The maximum Gasteiger partial charge on any atom is 0.414 e. The van der Waals surface area contributed by atoms with E-state index < -0.39 is 19.1 Å². The fourth-order valence-corrected chi connectivity index (χ4v) is 4.78. The summed E-state index contributed by atoms with van der Waals surface area (Å²) in [6.45, 7) is -1.02. The summed E-state index contributed by atoms with van der Waals surface area (Å²) in [6.07, 6.45) is 7.39. The Kier molecular flexibility index (Phi) is 8.67. The summed E-state index contributed by atoms with van der Waals surface area (Å²) >= 11 is 6.17. The van der Waals surface area contributed by atoms with E-state index in [1.54, 1.807) is 6.20 Å². The maximum atomic E-state index is 13.0. The molecular formula is C25H24ClF2N11O3. The van der Waals surface area contributed by atoms with Crippen molar-refractivity contribution in [2.24, 2.45) is 0 Å². The molecule has 0 unspecified atom stereocenters. The zero-order valence-electron chi connectivity index (χ0n) is 22.1. The van der Waals surface area contributed by atoms with Crippen LogP contribution in [0, 0.1) is 11.3 Å². The highest BCUT2D eigenvalue weighted by atomic mass is 35.5. The molecule has 4 aromatic rings. The summed E-state index contributed by atoms with van der Waals surface area (Å²) in [7, 11) is 1.44. The third kappa shape index (κ3) is 6.36. The SMILES string of the molecule is COc1ncc(-n2cc(N(C(=O)OCC(F)F)C3CCC(Nc4ncc(C#N)c(-c5[nH]ncc5Cl)n4)CC3)cn2)cn1. The number of hydrogen-bond acceptors (Lipinski definition) is 11. The Morgan fingerprint density at radius 2 is 1.98 bits per heavy atom. The van der Waals surface area contributed by atoms with Crippen molar-refractivity contribution in [3.8, 4) is 29.2 Å². The van der Waals surface area contributed by atoms with Crippen molar-refractivity contribution in [1.82, 2.24) is 39.9 Å². The van der Waals surface area contributed by atoms with E-state index in [0.29, 0.717) is 59.4 Å². The van der Waals surface area contributed by atoms with Crippen molar-refractivity contribution >= 4 is 29.3 Å². The first-order valence-electron chi connectivity index (χ1n) is 12.7. The quantitative estimate of drug-likeness (QED) is 0.284. The number of carbonyl (C=O) groups excluding carboxylic acids is 1. The molecule has 14 nitrogen and oxygen atoms in total. The molecule has 0 saturated heterocycles. The summed E-state index contributed by atoms with van der Waals surface area (Å²) in [5.74, 6) is 0.300. The number of hydrogen-bond donors (Lipinski definition) is 2. The lowest BCUT2D eigenvalue weighted by molar-refractivity contribution is 0.0506. The lowest BCUT2D eigenvalue weighted by Crippen LogP contribution is -2.45. The van der Waals surface area contributed by atoms with Gasteiger partial charge in [-0.15, -0.1) is 0 Å². The van der Waals surface area contributed by atoms with Crippen molar-refractivity contribution in [2.75, 3.05) is 23.9 Å². The third-order valence-corrected chi connectivity index (χ3v) is 6.86. The number of aromatic nitrogens is 8. The number of rotatable bonds is 9. The minimum Gasteiger partial charge on any atom is -0.467 e. The molecule has 1 aliphatic rings. The normalized spacial score (nSPS) is 16.6. The predicted molar refractivity (Wildman–Crippen MR) is 145 cm³/mol. The number of ether oxygens (including phenoxy) is 2. The molecule has 0 aromatic carbocycles. The molecule has 17 heteroatoms. The summed E-state index contributed by atoms with van der Waals surface area (Å²) in [5, 5.41) is 24.0. The van der Waals surface area contributed by atoms with Crippen LogP contribution >= 0.6 is 11.6 Å². The molecule has 1 amide bonds. The lowest BCUT2D eigenvalue weighted by atomic mass is 9.90.